The molecule has 6 aromatic rings. The molecule has 3 atom stereocenters. The highest BCUT2D eigenvalue weighted by atomic mass is 16.6. The van der Waals surface area contributed by atoms with Crippen LogP contribution in [0.5, 0.6) is 0 Å². The maximum Gasteiger partial charge on any atom is 0.409 e. The summed E-state index contributed by atoms with van der Waals surface area (Å²) in [5, 5.41) is 3.49. The first kappa shape index (κ1) is 58.5. The van der Waals surface area contributed by atoms with E-state index in [-0.39, 0.29) is 59.8 Å². The lowest BCUT2D eigenvalue weighted by Gasteiger charge is -2.43. The van der Waals surface area contributed by atoms with Crippen LogP contribution in [0.2, 0.25) is 0 Å². The predicted molar refractivity (Wildman–Crippen MR) is 317 cm³/mol. The van der Waals surface area contributed by atoms with E-state index in [0.717, 1.165) is 161 Å². The third-order valence-corrected chi connectivity index (χ3v) is 18.7. The fourth-order valence-electron chi connectivity index (χ4n) is 14.0. The van der Waals surface area contributed by atoms with E-state index in [1.54, 1.807) is 0 Å². The van der Waals surface area contributed by atoms with Gasteiger partial charge in [0.05, 0.1) is 46.3 Å². The van der Waals surface area contributed by atoms with Gasteiger partial charge in [0.1, 0.15) is 0 Å². The molecular formula is C61H90N12O7. The fourth-order valence-corrected chi connectivity index (χ4v) is 14.0. The minimum Gasteiger partial charge on any atom is -0.450 e. The van der Waals surface area contributed by atoms with Gasteiger partial charge in [0.25, 0.3) is 0 Å². The summed E-state index contributed by atoms with van der Waals surface area (Å²) < 4.78 is 16.2. The molecule has 9 heterocycles. The van der Waals surface area contributed by atoms with Crippen LogP contribution in [0.25, 0.3) is 33.1 Å². The van der Waals surface area contributed by atoms with Gasteiger partial charge >= 0.3 is 29.3 Å². The molecule has 6 fully saturated rings. The number of hydrogen-bond donors (Lipinski definition) is 4. The number of benzene rings is 3. The van der Waals surface area contributed by atoms with E-state index >= 15 is 0 Å². The van der Waals surface area contributed by atoms with Crippen molar-refractivity contribution in [1.29, 1.82) is 0 Å². The van der Waals surface area contributed by atoms with Gasteiger partial charge in [-0.2, -0.15) is 0 Å². The molecule has 6 aliphatic heterocycles. The number of carbonyl (C=O) groups excluding carboxylic acids is 2. The number of amides is 2. The zero-order valence-corrected chi connectivity index (χ0v) is 48.1. The van der Waals surface area contributed by atoms with Crippen molar-refractivity contribution in [3.63, 3.8) is 0 Å². The number of piperidine rings is 3. The van der Waals surface area contributed by atoms with Crippen molar-refractivity contribution in [2.24, 2.45) is 0 Å². The molecule has 19 nitrogen and oxygen atoms in total. The molecule has 3 unspecified atom stereocenters. The second-order valence-electron chi connectivity index (χ2n) is 24.3. The summed E-state index contributed by atoms with van der Waals surface area (Å²) in [7, 11) is 0. The minimum atomic E-state index is -0.207. The molecule has 12 rings (SSSR count). The molecule has 2 amide bonds. The van der Waals surface area contributed by atoms with Crippen LogP contribution in [0, 0.1) is 20.8 Å². The Morgan fingerprint density at radius 2 is 0.825 bits per heavy atom. The smallest absolute Gasteiger partial charge is 0.409 e. The van der Waals surface area contributed by atoms with E-state index in [9.17, 15) is 24.0 Å². The molecule has 6 saturated heterocycles. The summed E-state index contributed by atoms with van der Waals surface area (Å²) in [5.74, 6) is 0. The SMILES string of the molecule is C.CCOC(=O)N1CCC(C)(N2CCC(n3c(=O)[nH]c4cc(C)ccc43)CC2)C1.CCOC(=O)N1CCC(C)(N2CCC(n3c(=O)[nH]c4cc(C)ccc43)CC2)C1.Cc1ccc2c(c1)[nH]c(=O)n2C1CCN(C2(C)CCNC2)CC1. The van der Waals surface area contributed by atoms with Crippen molar-refractivity contribution in [2.75, 3.05) is 91.8 Å². The van der Waals surface area contributed by atoms with Gasteiger partial charge in [-0.1, -0.05) is 25.6 Å². The Hall–Kier alpha value is -6.15. The first-order valence-electron chi connectivity index (χ1n) is 29.3. The molecule has 6 aliphatic rings. The van der Waals surface area contributed by atoms with E-state index in [4.69, 9.17) is 9.47 Å². The number of hydrogen-bond acceptors (Lipinski definition) is 11. The molecule has 3 aromatic heterocycles. The summed E-state index contributed by atoms with van der Waals surface area (Å²) >= 11 is 0. The molecule has 0 spiro atoms. The highest BCUT2D eigenvalue weighted by molar-refractivity contribution is 5.78. The largest absolute Gasteiger partial charge is 0.450 e. The van der Waals surface area contributed by atoms with Crippen LogP contribution in [0.3, 0.4) is 0 Å². The number of likely N-dealkylation sites (tertiary alicyclic amines) is 5. The van der Waals surface area contributed by atoms with Crippen molar-refractivity contribution < 1.29 is 19.1 Å². The molecule has 19 heteroatoms. The molecule has 0 radical (unpaired) electrons. The Kier molecular flexibility index (Phi) is 17.6. The third kappa shape index (κ3) is 11.9. The van der Waals surface area contributed by atoms with Gasteiger partial charge in [0.15, 0.2) is 0 Å². The maximum atomic E-state index is 12.6. The van der Waals surface area contributed by atoms with Crippen LogP contribution < -0.4 is 22.4 Å². The van der Waals surface area contributed by atoms with Crippen LogP contribution in [-0.2, 0) is 9.47 Å². The van der Waals surface area contributed by atoms with Gasteiger partial charge in [-0.05, 0) is 173 Å². The van der Waals surface area contributed by atoms with Gasteiger partial charge < -0.3 is 39.5 Å². The van der Waals surface area contributed by atoms with Gasteiger partial charge in [-0.3, -0.25) is 28.4 Å². The molecule has 4 N–H and O–H groups in total. The second-order valence-corrected chi connectivity index (χ2v) is 24.3. The molecule has 80 heavy (non-hydrogen) atoms. The lowest BCUT2D eigenvalue weighted by molar-refractivity contribution is 0.0640. The lowest BCUT2D eigenvalue weighted by atomic mass is 9.93. The van der Waals surface area contributed by atoms with Crippen molar-refractivity contribution in [2.45, 2.75) is 155 Å². The topological polar surface area (TPSA) is 194 Å². The van der Waals surface area contributed by atoms with Crippen LogP contribution in [-0.4, -0.2) is 174 Å². The van der Waals surface area contributed by atoms with E-state index in [0.29, 0.717) is 37.9 Å². The number of nitrogens with one attached hydrogen (secondary N) is 4. The van der Waals surface area contributed by atoms with E-state index in [1.807, 2.05) is 75.5 Å². The minimum absolute atomic E-state index is 0. The molecule has 0 saturated carbocycles. The number of aryl methyl sites for hydroxylation is 3. The predicted octanol–water partition coefficient (Wildman–Crippen LogP) is 8.45. The van der Waals surface area contributed by atoms with Gasteiger partial charge in [-0.15, -0.1) is 0 Å². The maximum absolute atomic E-state index is 12.6. The summed E-state index contributed by atoms with van der Waals surface area (Å²) in [6.45, 7) is 28.5. The number of fused-ring (bicyclic) bond motifs is 3. The number of carbonyl (C=O) groups is 2. The van der Waals surface area contributed by atoms with Crippen LogP contribution in [0.15, 0.2) is 69.0 Å². The van der Waals surface area contributed by atoms with E-state index in [2.05, 4.69) is 93.0 Å². The van der Waals surface area contributed by atoms with E-state index in [1.165, 1.54) is 12.0 Å². The first-order chi connectivity index (χ1) is 37.9. The summed E-state index contributed by atoms with van der Waals surface area (Å²) in [6.07, 6.45) is 8.60. The number of aromatic amines is 3. The number of imidazole rings is 3. The zero-order valence-electron chi connectivity index (χ0n) is 48.1. The molecule has 0 bridgehead atoms. The van der Waals surface area contributed by atoms with Crippen molar-refractivity contribution in [1.82, 2.24) is 58.5 Å². The standard InChI is InChI=1S/2C21H30N4O3.C18H26N4O.CH4/c2*1-4-28-20(27)23-12-9-21(3,14-23)24-10-7-16(8-11-24)25-18-6-5-15(2)13-17(18)22-19(25)26;1-13-3-4-16-15(11-13)20-17(23)22(16)14-5-9-21(10-6-14)18(2)7-8-19-12-18;/h2*5-6,13,16H,4,7-12,14H2,1-3H3,(H,22,26);3-4,11,14,19H,5-10,12H2,1-2H3,(H,20,23);1H4. The number of rotatable bonds is 8. The average molecular weight is 1100 g/mol. The highest BCUT2D eigenvalue weighted by Crippen LogP contribution is 2.37. The lowest BCUT2D eigenvalue weighted by Crippen LogP contribution is -2.52. The third-order valence-electron chi connectivity index (χ3n) is 18.7. The number of aromatic nitrogens is 6. The van der Waals surface area contributed by atoms with Crippen molar-refractivity contribution in [3.8, 4) is 0 Å². The Morgan fingerprint density at radius 1 is 0.500 bits per heavy atom. The van der Waals surface area contributed by atoms with Crippen LogP contribution in [0.1, 0.15) is 135 Å². The normalized spacial score (nSPS) is 24.7. The molecular weight excluding hydrogens is 1010 g/mol. The number of H-pyrrole nitrogens is 3. The first-order valence-corrected chi connectivity index (χ1v) is 29.3. The summed E-state index contributed by atoms with van der Waals surface area (Å²) in [6, 6.07) is 19.3. The van der Waals surface area contributed by atoms with Gasteiger partial charge in [0, 0.05) is 107 Å². The van der Waals surface area contributed by atoms with Crippen LogP contribution >= 0.6 is 0 Å². The Labute approximate surface area is 470 Å². The molecule has 436 valence electrons. The second kappa shape index (κ2) is 24.1. The number of ether oxygens (including phenoxy) is 2. The Balaban J connectivity index is 0.000000145. The number of nitrogens with zero attached hydrogens (tertiary/aromatic N) is 8. The van der Waals surface area contributed by atoms with E-state index < -0.39 is 0 Å². The zero-order chi connectivity index (χ0) is 55.8. The molecule has 3 aromatic carbocycles. The van der Waals surface area contributed by atoms with Crippen LogP contribution in [0.4, 0.5) is 9.59 Å². The van der Waals surface area contributed by atoms with Gasteiger partial charge in [0.2, 0.25) is 0 Å². The quantitative estimate of drug-likeness (QED) is 0.114. The molecule has 0 aliphatic carbocycles. The Morgan fingerprint density at radius 3 is 1.12 bits per heavy atom. The average Bonchev–Trinajstić information content (AvgIpc) is 4.40. The van der Waals surface area contributed by atoms with Crippen molar-refractivity contribution >= 4 is 45.3 Å². The van der Waals surface area contributed by atoms with Crippen molar-refractivity contribution in [3.05, 3.63) is 103 Å². The fraction of sp³-hybridized carbons (Fsp3) is 0.623. The summed E-state index contributed by atoms with van der Waals surface area (Å²) in [4.78, 5) is 81.9. The van der Waals surface area contributed by atoms with Gasteiger partial charge in [-0.25, -0.2) is 24.0 Å². The Bertz CT molecular complexity index is 3150. The highest BCUT2D eigenvalue weighted by Gasteiger charge is 2.44. The summed E-state index contributed by atoms with van der Waals surface area (Å²) in [5.41, 5.74) is 9.60. The monoisotopic (exact) mass is 1100 g/mol.